The molecular formula is C20H13ClFNO3S. The van der Waals surface area contributed by atoms with Crippen molar-refractivity contribution in [3.05, 3.63) is 82.0 Å². The van der Waals surface area contributed by atoms with Crippen LogP contribution in [0, 0.1) is 5.82 Å². The Kier molecular flexibility index (Phi) is 5.69. The molecule has 0 atom stereocenters. The molecule has 0 aliphatic carbocycles. The summed E-state index contributed by atoms with van der Waals surface area (Å²) in [4.78, 5) is 23.8. The number of halogens is 2. The second kappa shape index (κ2) is 8.16. The van der Waals surface area contributed by atoms with Crippen LogP contribution in [-0.2, 0) is 4.79 Å². The minimum atomic E-state index is -1.16. The highest BCUT2D eigenvalue weighted by atomic mass is 35.5. The summed E-state index contributed by atoms with van der Waals surface area (Å²) in [6.07, 6.45) is 2.49. The molecule has 2 N–H and O–H groups in total. The van der Waals surface area contributed by atoms with Gasteiger partial charge < -0.3 is 10.4 Å². The van der Waals surface area contributed by atoms with Crippen molar-refractivity contribution >= 4 is 45.9 Å². The average Bonchev–Trinajstić information content (AvgIpc) is 3.05. The lowest BCUT2D eigenvalue weighted by molar-refractivity contribution is -0.111. The van der Waals surface area contributed by atoms with Crippen molar-refractivity contribution in [1.82, 2.24) is 0 Å². The molecule has 1 heterocycles. The van der Waals surface area contributed by atoms with Crippen molar-refractivity contribution < 1.29 is 19.1 Å². The van der Waals surface area contributed by atoms with E-state index in [4.69, 9.17) is 11.6 Å². The van der Waals surface area contributed by atoms with Crippen molar-refractivity contribution in [2.45, 2.75) is 0 Å². The van der Waals surface area contributed by atoms with Gasteiger partial charge in [-0.05, 0) is 29.8 Å². The Morgan fingerprint density at radius 1 is 1.11 bits per heavy atom. The predicted molar refractivity (Wildman–Crippen MR) is 106 cm³/mol. The molecule has 0 fully saturated rings. The van der Waals surface area contributed by atoms with E-state index in [0.29, 0.717) is 16.1 Å². The van der Waals surface area contributed by atoms with Crippen molar-refractivity contribution in [2.24, 2.45) is 0 Å². The average molecular weight is 402 g/mol. The van der Waals surface area contributed by atoms with E-state index in [-0.39, 0.29) is 16.1 Å². The molecule has 0 aliphatic rings. The minimum absolute atomic E-state index is 0.00466. The monoisotopic (exact) mass is 401 g/mol. The predicted octanol–water partition coefficient (Wildman–Crippen LogP) is 5.56. The molecule has 1 amide bonds. The number of carbonyl (C=O) groups is 2. The zero-order valence-electron chi connectivity index (χ0n) is 13.8. The number of hydrogen-bond acceptors (Lipinski definition) is 3. The van der Waals surface area contributed by atoms with Crippen LogP contribution in [0.3, 0.4) is 0 Å². The van der Waals surface area contributed by atoms with Gasteiger partial charge in [-0.3, -0.25) is 4.79 Å². The second-order valence-corrected chi connectivity index (χ2v) is 6.83. The number of benzene rings is 2. The molecule has 2 aromatic carbocycles. The largest absolute Gasteiger partial charge is 0.478 e. The highest BCUT2D eigenvalue weighted by Gasteiger charge is 2.20. The third kappa shape index (κ3) is 4.42. The van der Waals surface area contributed by atoms with Crippen LogP contribution in [0.4, 0.5) is 9.39 Å². The van der Waals surface area contributed by atoms with Crippen LogP contribution >= 0.6 is 22.9 Å². The molecule has 3 rings (SSSR count). The van der Waals surface area contributed by atoms with Crippen LogP contribution in [0.25, 0.3) is 17.2 Å². The minimum Gasteiger partial charge on any atom is -0.478 e. The molecule has 0 saturated heterocycles. The number of hydrogen-bond donors (Lipinski definition) is 2. The SMILES string of the molecule is O=C(C=Cc1ccccc1F)Nc1scc(-c2ccc(Cl)cc2)c1C(=O)O. The molecule has 0 saturated carbocycles. The number of thiophene rings is 1. The van der Waals surface area contributed by atoms with E-state index in [0.717, 1.165) is 17.4 Å². The quantitative estimate of drug-likeness (QED) is 0.550. The van der Waals surface area contributed by atoms with Crippen LogP contribution < -0.4 is 5.32 Å². The molecule has 0 unspecified atom stereocenters. The van der Waals surface area contributed by atoms with Gasteiger partial charge in [-0.1, -0.05) is 41.9 Å². The Morgan fingerprint density at radius 3 is 2.48 bits per heavy atom. The van der Waals surface area contributed by atoms with E-state index in [2.05, 4.69) is 5.32 Å². The van der Waals surface area contributed by atoms with Crippen LogP contribution in [0.1, 0.15) is 15.9 Å². The summed E-state index contributed by atoms with van der Waals surface area (Å²) in [7, 11) is 0. The highest BCUT2D eigenvalue weighted by molar-refractivity contribution is 7.15. The summed E-state index contributed by atoms with van der Waals surface area (Å²) >= 11 is 6.97. The zero-order chi connectivity index (χ0) is 19.4. The van der Waals surface area contributed by atoms with Crippen molar-refractivity contribution in [1.29, 1.82) is 0 Å². The third-order valence-electron chi connectivity index (χ3n) is 3.72. The highest BCUT2D eigenvalue weighted by Crippen LogP contribution is 2.36. The first-order valence-electron chi connectivity index (χ1n) is 7.80. The summed E-state index contributed by atoms with van der Waals surface area (Å²) in [6, 6.07) is 12.8. The molecule has 27 heavy (non-hydrogen) atoms. The van der Waals surface area contributed by atoms with Gasteiger partial charge in [0.05, 0.1) is 0 Å². The van der Waals surface area contributed by atoms with E-state index < -0.39 is 17.7 Å². The fraction of sp³-hybridized carbons (Fsp3) is 0. The van der Waals surface area contributed by atoms with Crippen LogP contribution in [0.15, 0.2) is 60.0 Å². The normalized spacial score (nSPS) is 10.9. The van der Waals surface area contributed by atoms with Gasteiger partial charge in [-0.2, -0.15) is 0 Å². The number of rotatable bonds is 5. The number of anilines is 1. The van der Waals surface area contributed by atoms with Gasteiger partial charge in [0.1, 0.15) is 16.4 Å². The number of nitrogens with one attached hydrogen (secondary N) is 1. The standard InChI is InChI=1S/C20H13ClFNO3S/c21-14-8-5-12(6-9-14)15-11-27-19(18(15)20(25)26)23-17(24)10-7-13-3-1-2-4-16(13)22/h1-11H,(H,23,24)(H,25,26). The molecule has 0 spiro atoms. The summed E-state index contributed by atoms with van der Waals surface area (Å²) in [5, 5.41) is 14.5. The maximum absolute atomic E-state index is 13.6. The number of carboxylic acid groups (broad SMARTS) is 1. The Balaban J connectivity index is 1.85. The van der Waals surface area contributed by atoms with Gasteiger partial charge >= 0.3 is 5.97 Å². The zero-order valence-corrected chi connectivity index (χ0v) is 15.4. The van der Waals surface area contributed by atoms with E-state index in [1.54, 1.807) is 41.8 Å². The van der Waals surface area contributed by atoms with Gasteiger partial charge in [-0.25, -0.2) is 9.18 Å². The molecule has 7 heteroatoms. The van der Waals surface area contributed by atoms with Crippen LogP contribution in [0.5, 0.6) is 0 Å². The molecular weight excluding hydrogens is 389 g/mol. The fourth-order valence-corrected chi connectivity index (χ4v) is 3.52. The first-order chi connectivity index (χ1) is 13.0. The third-order valence-corrected chi connectivity index (χ3v) is 4.86. The lowest BCUT2D eigenvalue weighted by atomic mass is 10.0. The molecule has 4 nitrogen and oxygen atoms in total. The Labute approximate surface area is 163 Å². The van der Waals surface area contributed by atoms with Crippen LogP contribution in [0.2, 0.25) is 5.02 Å². The van der Waals surface area contributed by atoms with Gasteiger partial charge in [0.2, 0.25) is 5.91 Å². The summed E-state index contributed by atoms with van der Waals surface area (Å²) < 4.78 is 13.6. The smallest absolute Gasteiger partial charge is 0.339 e. The van der Waals surface area contributed by atoms with Gasteiger partial charge in [0.25, 0.3) is 0 Å². The second-order valence-electron chi connectivity index (χ2n) is 5.51. The van der Waals surface area contributed by atoms with Crippen molar-refractivity contribution in [2.75, 3.05) is 5.32 Å². The van der Waals surface area contributed by atoms with E-state index in [1.807, 2.05) is 0 Å². The summed E-state index contributed by atoms with van der Waals surface area (Å²) in [5.41, 5.74) is 1.42. The fourth-order valence-electron chi connectivity index (χ4n) is 2.43. The maximum Gasteiger partial charge on any atom is 0.339 e. The molecule has 136 valence electrons. The lowest BCUT2D eigenvalue weighted by Crippen LogP contribution is -2.10. The van der Waals surface area contributed by atoms with E-state index in [9.17, 15) is 19.1 Å². The first-order valence-corrected chi connectivity index (χ1v) is 9.06. The topological polar surface area (TPSA) is 66.4 Å². The summed E-state index contributed by atoms with van der Waals surface area (Å²) in [6.45, 7) is 0. The Morgan fingerprint density at radius 2 is 1.81 bits per heavy atom. The Hall–Kier alpha value is -2.96. The first kappa shape index (κ1) is 18.8. The van der Waals surface area contributed by atoms with Crippen LogP contribution in [-0.4, -0.2) is 17.0 Å². The molecule has 0 aliphatic heterocycles. The van der Waals surface area contributed by atoms with Crippen molar-refractivity contribution in [3.8, 4) is 11.1 Å². The number of aromatic carboxylic acids is 1. The van der Waals surface area contributed by atoms with E-state index >= 15 is 0 Å². The number of carbonyl (C=O) groups excluding carboxylic acids is 1. The number of amides is 1. The van der Waals surface area contributed by atoms with Gasteiger partial charge in [-0.15, -0.1) is 11.3 Å². The maximum atomic E-state index is 13.6. The van der Waals surface area contributed by atoms with Gasteiger partial charge in [0, 0.05) is 27.6 Å². The molecule has 0 bridgehead atoms. The van der Waals surface area contributed by atoms with Crippen molar-refractivity contribution in [3.63, 3.8) is 0 Å². The molecule has 1 aromatic heterocycles. The van der Waals surface area contributed by atoms with E-state index in [1.165, 1.54) is 18.2 Å². The summed E-state index contributed by atoms with van der Waals surface area (Å²) in [5.74, 6) is -2.16. The number of carboxylic acids is 1. The molecule has 3 aromatic rings. The Bertz CT molecular complexity index is 1030. The molecule has 0 radical (unpaired) electrons. The van der Waals surface area contributed by atoms with Gasteiger partial charge in [0.15, 0.2) is 0 Å². The lowest BCUT2D eigenvalue weighted by Gasteiger charge is -2.04.